The number of rotatable bonds is 4. The summed E-state index contributed by atoms with van der Waals surface area (Å²) in [6.07, 6.45) is 1.31. The lowest BCUT2D eigenvalue weighted by Gasteiger charge is -2.32. The summed E-state index contributed by atoms with van der Waals surface area (Å²) in [5.41, 5.74) is 5.30. The zero-order valence-electron chi connectivity index (χ0n) is 11.2. The van der Waals surface area contributed by atoms with Crippen molar-refractivity contribution in [2.45, 2.75) is 12.8 Å². The third-order valence-electron chi connectivity index (χ3n) is 3.58. The number of anilines is 1. The Labute approximate surface area is 120 Å². The predicted octanol–water partition coefficient (Wildman–Crippen LogP) is 0.995. The number of piperidine rings is 1. The predicted molar refractivity (Wildman–Crippen MR) is 74.2 cm³/mol. The molecule has 1 aliphatic heterocycles. The Morgan fingerprint density at radius 1 is 1.43 bits per heavy atom. The molecule has 2 rings (SSSR count). The molecule has 1 atom stereocenters. The van der Waals surface area contributed by atoms with Gasteiger partial charge in [0.25, 0.3) is 5.69 Å². The molecule has 1 amide bonds. The van der Waals surface area contributed by atoms with Crippen molar-refractivity contribution in [1.29, 1.82) is 0 Å². The van der Waals surface area contributed by atoms with Gasteiger partial charge in [0.05, 0.1) is 16.4 Å². The van der Waals surface area contributed by atoms with Crippen LogP contribution in [0.15, 0.2) is 18.2 Å². The molecular weight excluding hydrogens is 278 g/mol. The first-order valence-electron chi connectivity index (χ1n) is 6.46. The molecule has 0 aromatic heterocycles. The number of amides is 1. The van der Waals surface area contributed by atoms with E-state index in [1.54, 1.807) is 4.90 Å². The van der Waals surface area contributed by atoms with Crippen molar-refractivity contribution < 1.29 is 19.6 Å². The molecule has 0 radical (unpaired) electrons. The molecule has 0 spiro atoms. The number of carboxylic acids is 1. The Balaban J connectivity index is 2.40. The Bertz CT molecular complexity index is 601. The summed E-state index contributed by atoms with van der Waals surface area (Å²) < 4.78 is 0. The van der Waals surface area contributed by atoms with Gasteiger partial charge in [-0.3, -0.25) is 14.9 Å². The molecule has 21 heavy (non-hydrogen) atoms. The van der Waals surface area contributed by atoms with E-state index < -0.39 is 16.8 Å². The number of carbonyl (C=O) groups is 2. The minimum Gasteiger partial charge on any atom is -0.478 e. The van der Waals surface area contributed by atoms with Crippen LogP contribution in [0.1, 0.15) is 23.2 Å². The van der Waals surface area contributed by atoms with Gasteiger partial charge in [-0.15, -0.1) is 0 Å². The molecule has 8 nitrogen and oxygen atoms in total. The number of carbonyl (C=O) groups excluding carboxylic acids is 1. The van der Waals surface area contributed by atoms with Crippen LogP contribution in [0.25, 0.3) is 0 Å². The van der Waals surface area contributed by atoms with Gasteiger partial charge in [0.2, 0.25) is 5.91 Å². The third-order valence-corrected chi connectivity index (χ3v) is 3.58. The minimum absolute atomic E-state index is 0.0307. The second-order valence-corrected chi connectivity index (χ2v) is 4.95. The molecule has 1 fully saturated rings. The molecular formula is C13H15N3O5. The summed E-state index contributed by atoms with van der Waals surface area (Å²) in [5.74, 6) is -1.99. The average Bonchev–Trinajstić information content (AvgIpc) is 2.46. The fourth-order valence-corrected chi connectivity index (χ4v) is 2.49. The van der Waals surface area contributed by atoms with E-state index >= 15 is 0 Å². The average molecular weight is 293 g/mol. The SMILES string of the molecule is NC(=O)C1CCCN(c2cc(C(=O)O)ccc2[N+](=O)[O-])C1. The molecule has 1 aromatic rings. The molecule has 112 valence electrons. The number of benzene rings is 1. The zero-order valence-corrected chi connectivity index (χ0v) is 11.2. The van der Waals surface area contributed by atoms with Crippen LogP contribution >= 0.6 is 0 Å². The Morgan fingerprint density at radius 2 is 2.14 bits per heavy atom. The van der Waals surface area contributed by atoms with Crippen molar-refractivity contribution in [1.82, 2.24) is 0 Å². The molecule has 1 saturated heterocycles. The van der Waals surface area contributed by atoms with Gasteiger partial charge in [0.1, 0.15) is 5.69 Å². The number of hydrogen-bond donors (Lipinski definition) is 2. The second kappa shape index (κ2) is 5.78. The number of nitro benzene ring substituents is 1. The van der Waals surface area contributed by atoms with Crippen molar-refractivity contribution in [2.75, 3.05) is 18.0 Å². The van der Waals surface area contributed by atoms with Crippen molar-refractivity contribution in [2.24, 2.45) is 11.7 Å². The lowest BCUT2D eigenvalue weighted by Crippen LogP contribution is -2.41. The first-order valence-corrected chi connectivity index (χ1v) is 6.46. The van der Waals surface area contributed by atoms with E-state index in [2.05, 4.69) is 0 Å². The van der Waals surface area contributed by atoms with Gasteiger partial charge in [-0.2, -0.15) is 0 Å². The molecule has 0 saturated carbocycles. The van der Waals surface area contributed by atoms with Crippen molar-refractivity contribution in [3.63, 3.8) is 0 Å². The molecule has 8 heteroatoms. The first-order chi connectivity index (χ1) is 9.90. The molecule has 1 aliphatic rings. The van der Waals surface area contributed by atoms with Crippen LogP contribution in [0.3, 0.4) is 0 Å². The van der Waals surface area contributed by atoms with Crippen LogP contribution in [0.2, 0.25) is 0 Å². The highest BCUT2D eigenvalue weighted by Gasteiger charge is 2.28. The Morgan fingerprint density at radius 3 is 2.71 bits per heavy atom. The standard InChI is InChI=1S/C13H15N3O5/c14-12(17)9-2-1-5-15(7-9)11-6-8(13(18)19)3-4-10(11)16(20)21/h3-4,6,9H,1-2,5,7H2,(H2,14,17)(H,18,19). The van der Waals surface area contributed by atoms with Gasteiger partial charge in [0, 0.05) is 19.2 Å². The minimum atomic E-state index is -1.16. The van der Waals surface area contributed by atoms with E-state index in [0.717, 1.165) is 0 Å². The lowest BCUT2D eigenvalue weighted by atomic mass is 9.96. The normalized spacial score (nSPS) is 18.3. The van der Waals surface area contributed by atoms with Crippen LogP contribution < -0.4 is 10.6 Å². The van der Waals surface area contributed by atoms with E-state index in [9.17, 15) is 19.7 Å². The molecule has 3 N–H and O–H groups in total. The number of nitrogens with zero attached hydrogens (tertiary/aromatic N) is 2. The highest BCUT2D eigenvalue weighted by Crippen LogP contribution is 2.32. The topological polar surface area (TPSA) is 127 Å². The quantitative estimate of drug-likeness (QED) is 0.629. The first kappa shape index (κ1) is 14.8. The Kier molecular flexibility index (Phi) is 4.06. The maximum absolute atomic E-state index is 11.3. The van der Waals surface area contributed by atoms with Crippen molar-refractivity contribution >= 4 is 23.3 Å². The van der Waals surface area contributed by atoms with Crippen LogP contribution in [0.5, 0.6) is 0 Å². The number of aromatic carboxylic acids is 1. The van der Waals surface area contributed by atoms with Gasteiger partial charge in [-0.1, -0.05) is 0 Å². The van der Waals surface area contributed by atoms with Crippen molar-refractivity contribution in [3.05, 3.63) is 33.9 Å². The second-order valence-electron chi connectivity index (χ2n) is 4.95. The van der Waals surface area contributed by atoms with Crippen molar-refractivity contribution in [3.8, 4) is 0 Å². The van der Waals surface area contributed by atoms with E-state index in [0.29, 0.717) is 19.4 Å². The molecule has 0 aliphatic carbocycles. The summed E-state index contributed by atoms with van der Waals surface area (Å²) in [5, 5.41) is 20.1. The summed E-state index contributed by atoms with van der Waals surface area (Å²) in [6, 6.07) is 3.63. The highest BCUT2D eigenvalue weighted by atomic mass is 16.6. The smallest absolute Gasteiger partial charge is 0.335 e. The summed E-state index contributed by atoms with van der Waals surface area (Å²) in [4.78, 5) is 34.5. The van der Waals surface area contributed by atoms with Gasteiger partial charge in [-0.25, -0.2) is 4.79 Å². The van der Waals surface area contributed by atoms with Gasteiger partial charge in [0.15, 0.2) is 0 Å². The lowest BCUT2D eigenvalue weighted by molar-refractivity contribution is -0.384. The van der Waals surface area contributed by atoms with Crippen LogP contribution in [-0.4, -0.2) is 35.0 Å². The number of carboxylic acid groups (broad SMARTS) is 1. The van der Waals surface area contributed by atoms with Gasteiger partial charge >= 0.3 is 5.97 Å². The number of nitro groups is 1. The van der Waals surface area contributed by atoms with Crippen LogP contribution in [0, 0.1) is 16.0 Å². The van der Waals surface area contributed by atoms with E-state index in [1.165, 1.54) is 18.2 Å². The molecule has 0 bridgehead atoms. The summed E-state index contributed by atoms with van der Waals surface area (Å²) in [6.45, 7) is 0.785. The molecule has 1 heterocycles. The number of hydrogen-bond acceptors (Lipinski definition) is 5. The monoisotopic (exact) mass is 293 g/mol. The maximum Gasteiger partial charge on any atom is 0.335 e. The largest absolute Gasteiger partial charge is 0.478 e. The summed E-state index contributed by atoms with van der Waals surface area (Å²) >= 11 is 0. The van der Waals surface area contributed by atoms with E-state index in [4.69, 9.17) is 10.8 Å². The van der Waals surface area contributed by atoms with Gasteiger partial charge < -0.3 is 15.7 Å². The van der Waals surface area contributed by atoms with Gasteiger partial charge in [-0.05, 0) is 25.0 Å². The van der Waals surface area contributed by atoms with Crippen LogP contribution in [0.4, 0.5) is 11.4 Å². The highest BCUT2D eigenvalue weighted by molar-refractivity contribution is 5.90. The fourth-order valence-electron chi connectivity index (χ4n) is 2.49. The summed E-state index contributed by atoms with van der Waals surface area (Å²) in [7, 11) is 0. The fraction of sp³-hybridized carbons (Fsp3) is 0.385. The zero-order chi connectivity index (χ0) is 15.6. The molecule has 1 unspecified atom stereocenters. The van der Waals surface area contributed by atoms with E-state index in [-0.39, 0.29) is 29.4 Å². The Hall–Kier alpha value is -2.64. The maximum atomic E-state index is 11.3. The number of primary amides is 1. The van der Waals surface area contributed by atoms with Crippen LogP contribution in [-0.2, 0) is 4.79 Å². The third kappa shape index (κ3) is 3.10. The molecule has 1 aromatic carbocycles. The van der Waals surface area contributed by atoms with E-state index in [1.807, 2.05) is 0 Å². The number of nitrogens with two attached hydrogens (primary N) is 1.